The molecule has 0 amide bonds. The number of ether oxygens (including phenoxy) is 2. The van der Waals surface area contributed by atoms with E-state index < -0.39 is 15.8 Å². The largest absolute Gasteiger partial charge is 0.490 e. The van der Waals surface area contributed by atoms with Gasteiger partial charge in [0, 0.05) is 23.2 Å². The molecule has 10 heteroatoms. The van der Waals surface area contributed by atoms with Crippen molar-refractivity contribution >= 4 is 33.2 Å². The zero-order chi connectivity index (χ0) is 24.7. The summed E-state index contributed by atoms with van der Waals surface area (Å²) in [4.78, 5) is 0.0865. The minimum absolute atomic E-state index is 0.0865. The molecule has 0 saturated heterocycles. The molecule has 3 N–H and O–H groups in total. The molecule has 0 fully saturated rings. The van der Waals surface area contributed by atoms with Gasteiger partial charge in [-0.3, -0.25) is 0 Å². The van der Waals surface area contributed by atoms with Crippen molar-refractivity contribution in [1.82, 2.24) is 5.32 Å². The van der Waals surface area contributed by atoms with E-state index in [1.165, 1.54) is 24.3 Å². The maximum Gasteiger partial charge on any atom is 0.238 e. The monoisotopic (exact) mass is 526 g/mol. The third-order valence-corrected chi connectivity index (χ3v) is 6.60. The lowest BCUT2D eigenvalue weighted by atomic mass is 10.1. The van der Waals surface area contributed by atoms with Gasteiger partial charge in [0.15, 0.2) is 11.5 Å². The van der Waals surface area contributed by atoms with Gasteiger partial charge in [0.25, 0.3) is 0 Å². The number of hydrogen-bond acceptors (Lipinski definition) is 5. The zero-order valence-electron chi connectivity index (χ0n) is 18.5. The van der Waals surface area contributed by atoms with Crippen molar-refractivity contribution in [3.8, 4) is 11.5 Å². The van der Waals surface area contributed by atoms with Crippen molar-refractivity contribution < 1.29 is 22.3 Å². The summed E-state index contributed by atoms with van der Waals surface area (Å²) in [5.41, 5.74) is 2.45. The van der Waals surface area contributed by atoms with E-state index in [1.54, 1.807) is 24.3 Å². The maximum absolute atomic E-state index is 13.3. The highest BCUT2D eigenvalue weighted by atomic mass is 35.5. The Morgan fingerprint density at radius 3 is 2.26 bits per heavy atom. The van der Waals surface area contributed by atoms with Crippen LogP contribution in [0.2, 0.25) is 10.0 Å². The Morgan fingerprint density at radius 1 is 0.941 bits per heavy atom. The van der Waals surface area contributed by atoms with Gasteiger partial charge in [0.05, 0.1) is 16.5 Å². The number of hydrogen-bond donors (Lipinski definition) is 2. The lowest BCUT2D eigenvalue weighted by Crippen LogP contribution is -2.17. The fourth-order valence-corrected chi connectivity index (χ4v) is 4.15. The number of rotatable bonds is 11. The van der Waals surface area contributed by atoms with Crippen LogP contribution in [0.25, 0.3) is 0 Å². The first-order valence-corrected chi connectivity index (χ1v) is 12.8. The molecule has 0 aliphatic rings. The second-order valence-electron chi connectivity index (χ2n) is 7.46. The summed E-state index contributed by atoms with van der Waals surface area (Å²) < 4.78 is 47.5. The topological polar surface area (TPSA) is 90.6 Å². The number of benzene rings is 3. The van der Waals surface area contributed by atoms with Gasteiger partial charge in [0.2, 0.25) is 10.0 Å². The molecule has 0 aliphatic carbocycles. The van der Waals surface area contributed by atoms with Crippen LogP contribution in [0.4, 0.5) is 4.39 Å². The van der Waals surface area contributed by atoms with Gasteiger partial charge < -0.3 is 14.8 Å². The summed E-state index contributed by atoms with van der Waals surface area (Å²) in [6.45, 7) is 3.59. The van der Waals surface area contributed by atoms with E-state index in [0.29, 0.717) is 48.2 Å². The first-order valence-electron chi connectivity index (χ1n) is 10.5. The second kappa shape index (κ2) is 11.9. The Kier molecular flexibility index (Phi) is 9.16. The summed E-state index contributed by atoms with van der Waals surface area (Å²) in [5, 5.41) is 9.23. The van der Waals surface area contributed by atoms with Crippen molar-refractivity contribution in [2.45, 2.75) is 31.4 Å². The lowest BCUT2D eigenvalue weighted by Gasteiger charge is -2.16. The number of nitrogens with two attached hydrogens (primary N) is 1. The minimum atomic E-state index is -3.70. The van der Waals surface area contributed by atoms with E-state index in [1.807, 2.05) is 13.0 Å². The molecular formula is C24H25Cl2FN2O4S. The average molecular weight is 527 g/mol. The molecule has 0 spiro atoms. The van der Waals surface area contributed by atoms with Crippen molar-refractivity contribution in [2.24, 2.45) is 5.14 Å². The van der Waals surface area contributed by atoms with E-state index in [-0.39, 0.29) is 16.5 Å². The molecule has 0 saturated carbocycles. The number of halogens is 3. The molecule has 0 radical (unpaired) electrons. The van der Waals surface area contributed by atoms with Crippen molar-refractivity contribution in [1.29, 1.82) is 0 Å². The van der Waals surface area contributed by atoms with Crippen LogP contribution in [0.1, 0.15) is 23.6 Å². The third kappa shape index (κ3) is 7.32. The van der Waals surface area contributed by atoms with Crippen LogP contribution < -0.4 is 19.9 Å². The summed E-state index contributed by atoms with van der Waals surface area (Å²) in [6, 6.07) is 14.1. The first-order chi connectivity index (χ1) is 16.2. The molecule has 3 aromatic carbocycles. The predicted octanol–water partition coefficient (Wildman–Crippen LogP) is 5.09. The Balaban J connectivity index is 1.60. The van der Waals surface area contributed by atoms with Crippen LogP contribution in [0.5, 0.6) is 11.5 Å². The van der Waals surface area contributed by atoms with Crippen molar-refractivity contribution in [2.75, 3.05) is 13.2 Å². The molecule has 0 heterocycles. The average Bonchev–Trinajstić information content (AvgIpc) is 2.78. The molecule has 0 aliphatic heterocycles. The number of primary sulfonamides is 1. The van der Waals surface area contributed by atoms with E-state index in [0.717, 1.165) is 11.1 Å². The Labute approximate surface area is 208 Å². The highest BCUT2D eigenvalue weighted by Crippen LogP contribution is 2.34. The molecule has 34 heavy (non-hydrogen) atoms. The van der Waals surface area contributed by atoms with Gasteiger partial charge >= 0.3 is 0 Å². The maximum atomic E-state index is 13.3. The zero-order valence-corrected chi connectivity index (χ0v) is 20.8. The van der Waals surface area contributed by atoms with Gasteiger partial charge in [-0.25, -0.2) is 17.9 Å². The standard InChI is InChI=1S/C24H25Cl2FN2O4S/c1-2-32-23-11-18(14-29-10-9-16-3-7-20(8-4-16)34(28,30)31)22(26)13-24(23)33-15-17-5-6-19(27)12-21(17)25/h3-8,11-13,29H,2,9-10,14-15H2,1H3,(H2,28,30,31). The SMILES string of the molecule is CCOc1cc(CNCCc2ccc(S(N)(=O)=O)cc2)c(Cl)cc1OCc1ccc(F)cc1Cl. The second-order valence-corrected chi connectivity index (χ2v) is 9.84. The van der Waals surface area contributed by atoms with Crippen LogP contribution in [0.3, 0.4) is 0 Å². The van der Waals surface area contributed by atoms with Crippen LogP contribution in [-0.2, 0) is 29.6 Å². The third-order valence-electron chi connectivity index (χ3n) is 4.97. The van der Waals surface area contributed by atoms with Gasteiger partial charge in [0.1, 0.15) is 12.4 Å². The number of sulfonamides is 1. The molecule has 3 aromatic rings. The normalized spacial score (nSPS) is 11.4. The summed E-state index contributed by atoms with van der Waals surface area (Å²) in [5.74, 6) is 0.593. The van der Waals surface area contributed by atoms with Gasteiger partial charge in [-0.05, 0) is 61.3 Å². The van der Waals surface area contributed by atoms with Crippen LogP contribution in [-0.4, -0.2) is 21.6 Å². The van der Waals surface area contributed by atoms with Crippen molar-refractivity contribution in [3.63, 3.8) is 0 Å². The fraction of sp³-hybridized carbons (Fsp3) is 0.250. The lowest BCUT2D eigenvalue weighted by molar-refractivity contribution is 0.269. The molecule has 3 rings (SSSR count). The van der Waals surface area contributed by atoms with Crippen molar-refractivity contribution in [3.05, 3.63) is 87.2 Å². The van der Waals surface area contributed by atoms with Gasteiger partial charge in [-0.1, -0.05) is 41.4 Å². The highest BCUT2D eigenvalue weighted by Gasteiger charge is 2.13. The summed E-state index contributed by atoms with van der Waals surface area (Å²) in [6.07, 6.45) is 0.695. The Hall–Kier alpha value is -2.36. The highest BCUT2D eigenvalue weighted by molar-refractivity contribution is 7.89. The molecule has 182 valence electrons. The molecule has 0 atom stereocenters. The molecular weight excluding hydrogens is 502 g/mol. The van der Waals surface area contributed by atoms with Gasteiger partial charge in [-0.2, -0.15) is 0 Å². The Bertz CT molecular complexity index is 1240. The molecule has 6 nitrogen and oxygen atoms in total. The first kappa shape index (κ1) is 26.2. The van der Waals surface area contributed by atoms with Crippen LogP contribution in [0, 0.1) is 5.82 Å². The molecule has 0 bridgehead atoms. The van der Waals surface area contributed by atoms with Crippen LogP contribution in [0.15, 0.2) is 59.5 Å². The van der Waals surface area contributed by atoms with E-state index in [2.05, 4.69) is 5.32 Å². The fourth-order valence-electron chi connectivity index (χ4n) is 3.19. The Morgan fingerprint density at radius 2 is 1.62 bits per heavy atom. The summed E-state index contributed by atoms with van der Waals surface area (Å²) >= 11 is 12.5. The quantitative estimate of drug-likeness (QED) is 0.339. The smallest absolute Gasteiger partial charge is 0.238 e. The number of nitrogens with one attached hydrogen (secondary N) is 1. The summed E-state index contributed by atoms with van der Waals surface area (Å²) in [7, 11) is -3.70. The minimum Gasteiger partial charge on any atom is -0.490 e. The van der Waals surface area contributed by atoms with E-state index >= 15 is 0 Å². The van der Waals surface area contributed by atoms with Gasteiger partial charge in [-0.15, -0.1) is 0 Å². The predicted molar refractivity (Wildman–Crippen MR) is 132 cm³/mol. The van der Waals surface area contributed by atoms with E-state index in [9.17, 15) is 12.8 Å². The molecule has 0 aromatic heterocycles. The van der Waals surface area contributed by atoms with Crippen LogP contribution >= 0.6 is 23.2 Å². The van der Waals surface area contributed by atoms with E-state index in [4.69, 9.17) is 37.8 Å². The molecule has 0 unspecified atom stereocenters.